The maximum atomic E-state index is 11.8. The fraction of sp³-hybridized carbons (Fsp3) is 0.417. The van der Waals surface area contributed by atoms with Crippen molar-refractivity contribution < 1.29 is 18.7 Å². The molecule has 1 aromatic rings. The van der Waals surface area contributed by atoms with Gasteiger partial charge in [0.25, 0.3) is 5.91 Å². The maximum Gasteiger partial charge on any atom is 0.335 e. The fourth-order valence-corrected chi connectivity index (χ4v) is 1.29. The van der Waals surface area contributed by atoms with Gasteiger partial charge in [-0.25, -0.2) is 4.79 Å². The number of amides is 1. The zero-order valence-corrected chi connectivity index (χ0v) is 10.3. The summed E-state index contributed by atoms with van der Waals surface area (Å²) in [6.45, 7) is 2.29. The lowest BCUT2D eigenvalue weighted by molar-refractivity contribution is -0.143. The average molecular weight is 253 g/mol. The molecule has 0 aromatic carbocycles. The standard InChI is InChI=1S/C12H15NO5/c1-3-17-11(15)6-7-13(2)12(16)9-4-5-10(14)18-8-9/h4-5,8H,3,6-7H2,1-2H3. The highest BCUT2D eigenvalue weighted by Crippen LogP contribution is 2.02. The van der Waals surface area contributed by atoms with E-state index in [0.29, 0.717) is 6.61 Å². The van der Waals surface area contributed by atoms with E-state index in [-0.39, 0.29) is 30.4 Å². The monoisotopic (exact) mass is 253 g/mol. The summed E-state index contributed by atoms with van der Waals surface area (Å²) in [6, 6.07) is 2.56. The third-order valence-electron chi connectivity index (χ3n) is 2.25. The van der Waals surface area contributed by atoms with Gasteiger partial charge >= 0.3 is 11.6 Å². The zero-order valence-electron chi connectivity index (χ0n) is 10.3. The first kappa shape index (κ1) is 14.0. The van der Waals surface area contributed by atoms with Gasteiger partial charge in [0.15, 0.2) is 0 Å². The van der Waals surface area contributed by atoms with Gasteiger partial charge in [-0.3, -0.25) is 9.59 Å². The maximum absolute atomic E-state index is 11.8. The summed E-state index contributed by atoms with van der Waals surface area (Å²) in [6.07, 6.45) is 1.23. The van der Waals surface area contributed by atoms with E-state index in [2.05, 4.69) is 4.42 Å². The summed E-state index contributed by atoms with van der Waals surface area (Å²) < 4.78 is 9.36. The first-order valence-corrected chi connectivity index (χ1v) is 5.54. The third kappa shape index (κ3) is 4.04. The van der Waals surface area contributed by atoms with Crippen LogP contribution >= 0.6 is 0 Å². The van der Waals surface area contributed by atoms with E-state index >= 15 is 0 Å². The molecule has 0 unspecified atom stereocenters. The number of ether oxygens (including phenoxy) is 1. The van der Waals surface area contributed by atoms with Gasteiger partial charge in [0.2, 0.25) is 0 Å². The number of nitrogens with zero attached hydrogens (tertiary/aromatic N) is 1. The van der Waals surface area contributed by atoms with Crippen molar-refractivity contribution in [2.24, 2.45) is 0 Å². The summed E-state index contributed by atoms with van der Waals surface area (Å²) in [5.74, 6) is -0.667. The van der Waals surface area contributed by atoms with Gasteiger partial charge in [-0.2, -0.15) is 0 Å². The Hall–Kier alpha value is -2.11. The molecule has 0 aliphatic carbocycles. The molecule has 1 aromatic heterocycles. The Balaban J connectivity index is 2.53. The Morgan fingerprint density at radius 3 is 2.67 bits per heavy atom. The van der Waals surface area contributed by atoms with Crippen LogP contribution in [0.4, 0.5) is 0 Å². The third-order valence-corrected chi connectivity index (χ3v) is 2.25. The van der Waals surface area contributed by atoms with E-state index < -0.39 is 5.63 Å². The first-order valence-electron chi connectivity index (χ1n) is 5.54. The smallest absolute Gasteiger partial charge is 0.335 e. The molecule has 18 heavy (non-hydrogen) atoms. The summed E-state index contributed by atoms with van der Waals surface area (Å²) in [5, 5.41) is 0. The lowest BCUT2D eigenvalue weighted by Gasteiger charge is -2.16. The van der Waals surface area contributed by atoms with E-state index in [0.717, 1.165) is 6.26 Å². The second-order valence-electron chi connectivity index (χ2n) is 3.63. The zero-order chi connectivity index (χ0) is 13.5. The van der Waals surface area contributed by atoms with Crippen LogP contribution in [-0.2, 0) is 9.53 Å². The van der Waals surface area contributed by atoms with Crippen molar-refractivity contribution >= 4 is 11.9 Å². The van der Waals surface area contributed by atoms with Crippen LogP contribution in [-0.4, -0.2) is 37.0 Å². The minimum absolute atomic E-state index is 0.132. The van der Waals surface area contributed by atoms with Gasteiger partial charge in [-0.15, -0.1) is 0 Å². The second kappa shape index (κ2) is 6.58. The predicted octanol–water partition coefficient (Wildman–Crippen LogP) is 0.665. The van der Waals surface area contributed by atoms with Crippen LogP contribution in [0.15, 0.2) is 27.6 Å². The highest BCUT2D eigenvalue weighted by Gasteiger charge is 2.13. The first-order chi connectivity index (χ1) is 8.54. The average Bonchev–Trinajstić information content (AvgIpc) is 2.36. The number of esters is 1. The molecular formula is C12H15NO5. The fourth-order valence-electron chi connectivity index (χ4n) is 1.29. The van der Waals surface area contributed by atoms with Gasteiger partial charge in [0.05, 0.1) is 18.6 Å². The normalized spacial score (nSPS) is 9.89. The number of carbonyl (C=O) groups excluding carboxylic acids is 2. The molecule has 6 heteroatoms. The van der Waals surface area contributed by atoms with E-state index in [4.69, 9.17) is 4.74 Å². The van der Waals surface area contributed by atoms with Gasteiger partial charge in [-0.1, -0.05) is 0 Å². The summed E-state index contributed by atoms with van der Waals surface area (Å²) in [7, 11) is 1.56. The molecule has 6 nitrogen and oxygen atoms in total. The van der Waals surface area contributed by atoms with Crippen LogP contribution < -0.4 is 5.63 Å². The molecule has 0 atom stereocenters. The van der Waals surface area contributed by atoms with Crippen molar-refractivity contribution in [2.75, 3.05) is 20.2 Å². The van der Waals surface area contributed by atoms with Crippen LogP contribution in [0.3, 0.4) is 0 Å². The Morgan fingerprint density at radius 2 is 2.11 bits per heavy atom. The highest BCUT2D eigenvalue weighted by atomic mass is 16.5. The van der Waals surface area contributed by atoms with Crippen molar-refractivity contribution in [3.63, 3.8) is 0 Å². The van der Waals surface area contributed by atoms with E-state index in [1.165, 1.54) is 17.0 Å². The molecule has 0 spiro atoms. The highest BCUT2D eigenvalue weighted by molar-refractivity contribution is 5.93. The van der Waals surface area contributed by atoms with Gasteiger partial charge in [0.1, 0.15) is 6.26 Å². The summed E-state index contributed by atoms with van der Waals surface area (Å²) in [5.41, 5.74) is -0.248. The van der Waals surface area contributed by atoms with Crippen LogP contribution in [0.1, 0.15) is 23.7 Å². The van der Waals surface area contributed by atoms with Crippen LogP contribution in [0.25, 0.3) is 0 Å². The molecule has 0 aliphatic heterocycles. The number of hydrogen-bond donors (Lipinski definition) is 0. The lowest BCUT2D eigenvalue weighted by Crippen LogP contribution is -2.29. The Morgan fingerprint density at radius 1 is 1.39 bits per heavy atom. The van der Waals surface area contributed by atoms with Gasteiger partial charge < -0.3 is 14.1 Å². The van der Waals surface area contributed by atoms with Crippen LogP contribution in [0.2, 0.25) is 0 Å². The molecule has 0 saturated carbocycles. The number of carbonyl (C=O) groups is 2. The largest absolute Gasteiger partial charge is 0.466 e. The van der Waals surface area contributed by atoms with E-state index in [1.807, 2.05) is 0 Å². The lowest BCUT2D eigenvalue weighted by atomic mass is 10.2. The van der Waals surface area contributed by atoms with Crippen molar-refractivity contribution in [3.05, 3.63) is 34.4 Å². The molecule has 1 amide bonds. The van der Waals surface area contributed by atoms with Gasteiger partial charge in [-0.05, 0) is 13.0 Å². The van der Waals surface area contributed by atoms with Crippen molar-refractivity contribution in [3.8, 4) is 0 Å². The number of hydrogen-bond acceptors (Lipinski definition) is 5. The van der Waals surface area contributed by atoms with E-state index in [9.17, 15) is 14.4 Å². The topological polar surface area (TPSA) is 76.8 Å². The van der Waals surface area contributed by atoms with Crippen molar-refractivity contribution in [1.82, 2.24) is 4.90 Å². The molecular weight excluding hydrogens is 238 g/mol. The molecule has 0 aliphatic rings. The second-order valence-corrected chi connectivity index (χ2v) is 3.63. The van der Waals surface area contributed by atoms with Crippen molar-refractivity contribution in [1.29, 1.82) is 0 Å². The summed E-state index contributed by atoms with van der Waals surface area (Å²) >= 11 is 0. The minimum atomic E-state index is -0.513. The molecule has 1 heterocycles. The molecule has 0 radical (unpaired) electrons. The Kier molecular flexibility index (Phi) is 5.10. The van der Waals surface area contributed by atoms with E-state index in [1.54, 1.807) is 14.0 Å². The number of rotatable bonds is 5. The predicted molar refractivity (Wildman–Crippen MR) is 63.2 cm³/mol. The Bertz CT molecular complexity index is 459. The molecule has 0 bridgehead atoms. The molecule has 0 N–H and O–H groups in total. The molecule has 0 fully saturated rings. The SMILES string of the molecule is CCOC(=O)CCN(C)C(=O)c1ccc(=O)oc1. The Labute approximate surface area is 104 Å². The molecule has 1 rings (SSSR count). The molecule has 98 valence electrons. The quantitative estimate of drug-likeness (QED) is 0.720. The molecule has 0 saturated heterocycles. The van der Waals surface area contributed by atoms with Crippen molar-refractivity contribution in [2.45, 2.75) is 13.3 Å². The summed E-state index contributed by atoms with van der Waals surface area (Å²) in [4.78, 5) is 35.1. The van der Waals surface area contributed by atoms with Crippen LogP contribution in [0, 0.1) is 0 Å². The van der Waals surface area contributed by atoms with Gasteiger partial charge in [0, 0.05) is 19.7 Å². The minimum Gasteiger partial charge on any atom is -0.466 e. The van der Waals surface area contributed by atoms with Crippen LogP contribution in [0.5, 0.6) is 0 Å².